The van der Waals surface area contributed by atoms with Crippen molar-refractivity contribution in [3.8, 4) is 0 Å². The van der Waals surface area contributed by atoms with Crippen molar-refractivity contribution in [1.82, 2.24) is 14.8 Å². The molecule has 5 nitrogen and oxygen atoms in total. The lowest BCUT2D eigenvalue weighted by Gasteiger charge is -2.39. The van der Waals surface area contributed by atoms with E-state index in [1.807, 2.05) is 18.3 Å². The summed E-state index contributed by atoms with van der Waals surface area (Å²) in [4.78, 5) is 20.4. The Balaban J connectivity index is 1.40. The summed E-state index contributed by atoms with van der Waals surface area (Å²) in [5.41, 5.74) is 2.21. The second kappa shape index (κ2) is 5.50. The number of fused-ring (bicyclic) bond motifs is 1. The normalized spacial score (nSPS) is 18.1. The predicted molar refractivity (Wildman–Crippen MR) is 87.7 cm³/mol. The monoisotopic (exact) mass is 316 g/mol. The van der Waals surface area contributed by atoms with Crippen LogP contribution in [0.2, 0.25) is 0 Å². The molecule has 1 saturated heterocycles. The lowest BCUT2D eigenvalue weighted by Crippen LogP contribution is -2.49. The van der Waals surface area contributed by atoms with E-state index in [0.717, 1.165) is 25.2 Å². The molecule has 4 rings (SSSR count). The molecule has 2 aromatic heterocycles. The van der Waals surface area contributed by atoms with Gasteiger partial charge in [0.1, 0.15) is 0 Å². The van der Waals surface area contributed by atoms with Crippen LogP contribution in [0.5, 0.6) is 0 Å². The van der Waals surface area contributed by atoms with Crippen LogP contribution < -0.4 is 10.5 Å². The van der Waals surface area contributed by atoms with Gasteiger partial charge in [0.2, 0.25) is 0 Å². The van der Waals surface area contributed by atoms with Crippen LogP contribution in [0.25, 0.3) is 0 Å². The van der Waals surface area contributed by atoms with Crippen molar-refractivity contribution in [3.05, 3.63) is 38.8 Å². The smallest absolute Gasteiger partial charge is 0.266 e. The Morgan fingerprint density at radius 2 is 2.09 bits per heavy atom. The van der Waals surface area contributed by atoms with E-state index in [1.54, 1.807) is 16.8 Å². The lowest BCUT2D eigenvalue weighted by atomic mass is 10.0. The second-order valence-corrected chi connectivity index (χ2v) is 7.40. The SMILES string of the molecule is Cc1ccc(=O)n(CC2CN(c3nc4c(s3)CCCC4)C2)n1. The maximum Gasteiger partial charge on any atom is 0.266 e. The summed E-state index contributed by atoms with van der Waals surface area (Å²) in [7, 11) is 0. The fourth-order valence-corrected chi connectivity index (χ4v) is 4.41. The Labute approximate surface area is 133 Å². The highest BCUT2D eigenvalue weighted by Crippen LogP contribution is 2.34. The molecule has 6 heteroatoms. The average Bonchev–Trinajstić information content (AvgIpc) is 2.89. The summed E-state index contributed by atoms with van der Waals surface area (Å²) in [6.07, 6.45) is 4.93. The molecule has 0 spiro atoms. The topological polar surface area (TPSA) is 51.0 Å². The summed E-state index contributed by atoms with van der Waals surface area (Å²) in [6, 6.07) is 3.37. The molecule has 0 radical (unpaired) electrons. The Morgan fingerprint density at radius 3 is 2.91 bits per heavy atom. The molecular formula is C16H20N4OS. The zero-order chi connectivity index (χ0) is 15.1. The Hall–Kier alpha value is -1.69. The Kier molecular flexibility index (Phi) is 3.48. The number of hydrogen-bond acceptors (Lipinski definition) is 5. The molecule has 1 fully saturated rings. The minimum Gasteiger partial charge on any atom is -0.347 e. The molecule has 116 valence electrons. The first-order valence-corrected chi connectivity index (χ1v) is 8.79. The van der Waals surface area contributed by atoms with Crippen LogP contribution in [0.15, 0.2) is 16.9 Å². The first-order valence-electron chi connectivity index (χ1n) is 7.97. The molecule has 2 aromatic rings. The number of rotatable bonds is 3. The van der Waals surface area contributed by atoms with Crippen LogP contribution in [0.4, 0.5) is 5.13 Å². The molecule has 0 unspecified atom stereocenters. The summed E-state index contributed by atoms with van der Waals surface area (Å²) < 4.78 is 1.60. The van der Waals surface area contributed by atoms with Gasteiger partial charge in [-0.25, -0.2) is 9.67 Å². The molecule has 1 aliphatic carbocycles. The maximum atomic E-state index is 11.8. The van der Waals surface area contributed by atoms with Crippen LogP contribution in [0.3, 0.4) is 0 Å². The van der Waals surface area contributed by atoms with E-state index >= 15 is 0 Å². The Bertz CT molecular complexity index is 721. The minimum absolute atomic E-state index is 0.00578. The number of nitrogens with zero attached hydrogens (tertiary/aromatic N) is 4. The number of anilines is 1. The Morgan fingerprint density at radius 1 is 1.27 bits per heavy atom. The summed E-state index contributed by atoms with van der Waals surface area (Å²) in [5, 5.41) is 5.49. The van der Waals surface area contributed by atoms with Crippen molar-refractivity contribution in [3.63, 3.8) is 0 Å². The van der Waals surface area contributed by atoms with Crippen molar-refractivity contribution < 1.29 is 0 Å². The molecule has 0 saturated carbocycles. The van der Waals surface area contributed by atoms with E-state index in [1.165, 1.54) is 35.0 Å². The third-order valence-corrected chi connectivity index (χ3v) is 5.71. The van der Waals surface area contributed by atoms with Crippen molar-refractivity contribution in [1.29, 1.82) is 0 Å². The first kappa shape index (κ1) is 13.9. The van der Waals surface area contributed by atoms with Crippen molar-refractivity contribution in [2.75, 3.05) is 18.0 Å². The van der Waals surface area contributed by atoms with E-state index in [0.29, 0.717) is 12.5 Å². The molecule has 3 heterocycles. The van der Waals surface area contributed by atoms with Crippen LogP contribution in [-0.2, 0) is 19.4 Å². The predicted octanol–water partition coefficient (Wildman–Crippen LogP) is 2.02. The second-order valence-electron chi connectivity index (χ2n) is 6.34. The van der Waals surface area contributed by atoms with Gasteiger partial charge in [-0.3, -0.25) is 4.79 Å². The van der Waals surface area contributed by atoms with Crippen LogP contribution >= 0.6 is 11.3 Å². The molecule has 0 atom stereocenters. The summed E-state index contributed by atoms with van der Waals surface area (Å²) in [5.74, 6) is 0.493. The van der Waals surface area contributed by atoms with Gasteiger partial charge in [-0.15, -0.1) is 11.3 Å². The lowest BCUT2D eigenvalue weighted by molar-refractivity contribution is 0.333. The van der Waals surface area contributed by atoms with E-state index in [4.69, 9.17) is 4.98 Å². The minimum atomic E-state index is -0.00578. The van der Waals surface area contributed by atoms with Crippen molar-refractivity contribution in [2.45, 2.75) is 39.2 Å². The van der Waals surface area contributed by atoms with E-state index < -0.39 is 0 Å². The summed E-state index contributed by atoms with van der Waals surface area (Å²) >= 11 is 1.86. The molecule has 1 aliphatic heterocycles. The van der Waals surface area contributed by atoms with Gasteiger partial charge in [0.25, 0.3) is 5.56 Å². The zero-order valence-electron chi connectivity index (χ0n) is 12.8. The van der Waals surface area contributed by atoms with Gasteiger partial charge in [0.15, 0.2) is 5.13 Å². The fourth-order valence-electron chi connectivity index (χ4n) is 3.24. The van der Waals surface area contributed by atoms with Crippen LogP contribution in [-0.4, -0.2) is 27.9 Å². The highest BCUT2D eigenvalue weighted by molar-refractivity contribution is 7.15. The molecule has 22 heavy (non-hydrogen) atoms. The number of thiazole rings is 1. The van der Waals surface area contributed by atoms with Gasteiger partial charge in [-0.05, 0) is 38.7 Å². The van der Waals surface area contributed by atoms with Crippen molar-refractivity contribution >= 4 is 16.5 Å². The van der Waals surface area contributed by atoms with Gasteiger partial charge < -0.3 is 4.90 Å². The quantitative estimate of drug-likeness (QED) is 0.869. The van der Waals surface area contributed by atoms with Gasteiger partial charge >= 0.3 is 0 Å². The zero-order valence-corrected chi connectivity index (χ0v) is 13.6. The third-order valence-electron chi connectivity index (χ3n) is 4.49. The molecule has 0 amide bonds. The average molecular weight is 316 g/mol. The third kappa shape index (κ3) is 2.56. The largest absolute Gasteiger partial charge is 0.347 e. The number of aromatic nitrogens is 3. The van der Waals surface area contributed by atoms with Gasteiger partial charge in [0, 0.05) is 30.0 Å². The van der Waals surface area contributed by atoms with Crippen molar-refractivity contribution in [2.24, 2.45) is 5.92 Å². The summed E-state index contributed by atoms with van der Waals surface area (Å²) in [6.45, 7) is 4.59. The van der Waals surface area contributed by atoms with Crippen LogP contribution in [0, 0.1) is 12.8 Å². The standard InChI is InChI=1S/C16H20N4OS/c1-11-6-7-15(21)20(18-11)10-12-8-19(9-12)16-17-13-4-2-3-5-14(13)22-16/h6-7,12H,2-5,8-10H2,1H3. The van der Waals surface area contributed by atoms with E-state index in [2.05, 4.69) is 10.00 Å². The van der Waals surface area contributed by atoms with Gasteiger partial charge in [0.05, 0.1) is 17.9 Å². The van der Waals surface area contributed by atoms with E-state index in [9.17, 15) is 4.79 Å². The molecule has 2 aliphatic rings. The van der Waals surface area contributed by atoms with E-state index in [-0.39, 0.29) is 5.56 Å². The van der Waals surface area contributed by atoms with Gasteiger partial charge in [-0.1, -0.05) is 0 Å². The molecule has 0 N–H and O–H groups in total. The molecular weight excluding hydrogens is 296 g/mol. The highest BCUT2D eigenvalue weighted by atomic mass is 32.1. The van der Waals surface area contributed by atoms with Crippen LogP contribution in [0.1, 0.15) is 29.1 Å². The number of hydrogen-bond donors (Lipinski definition) is 0. The maximum absolute atomic E-state index is 11.8. The molecule has 0 bridgehead atoms. The fraction of sp³-hybridized carbons (Fsp3) is 0.562. The van der Waals surface area contributed by atoms with Gasteiger partial charge in [-0.2, -0.15) is 5.10 Å². The number of aryl methyl sites for hydroxylation is 3. The first-order chi connectivity index (χ1) is 10.7. The molecule has 0 aromatic carbocycles. The highest BCUT2D eigenvalue weighted by Gasteiger charge is 2.30.